The van der Waals surface area contributed by atoms with Crippen molar-refractivity contribution in [3.8, 4) is 0 Å². The van der Waals surface area contributed by atoms with Crippen LogP contribution in [0.15, 0.2) is 24.4 Å². The highest BCUT2D eigenvalue weighted by molar-refractivity contribution is 6.03. The summed E-state index contributed by atoms with van der Waals surface area (Å²) < 4.78 is 14.8. The van der Waals surface area contributed by atoms with Gasteiger partial charge >= 0.3 is 5.97 Å². The molecule has 72 valence electrons. The van der Waals surface area contributed by atoms with Gasteiger partial charge < -0.3 is 9.67 Å². The maximum atomic E-state index is 13.3. The number of para-hydroxylation sites is 1. The molecular weight excluding hydrogens is 185 g/mol. The summed E-state index contributed by atoms with van der Waals surface area (Å²) in [5.41, 5.74) is 0.451. The van der Waals surface area contributed by atoms with Crippen molar-refractivity contribution in [1.29, 1.82) is 0 Å². The number of hydrogen-bond donors (Lipinski definition) is 1. The van der Waals surface area contributed by atoms with E-state index >= 15 is 0 Å². The highest BCUT2D eigenvalue weighted by atomic mass is 19.1. The zero-order valence-electron chi connectivity index (χ0n) is 7.49. The third-order valence-electron chi connectivity index (χ3n) is 2.18. The Hall–Kier alpha value is -1.84. The van der Waals surface area contributed by atoms with Crippen molar-refractivity contribution >= 4 is 16.9 Å². The Bertz CT molecular complexity index is 516. The predicted octanol–water partition coefficient (Wildman–Crippen LogP) is 2.02. The molecule has 4 heteroatoms. The van der Waals surface area contributed by atoms with Gasteiger partial charge in [-0.2, -0.15) is 0 Å². The van der Waals surface area contributed by atoms with Crippen LogP contribution in [0.1, 0.15) is 10.4 Å². The summed E-state index contributed by atoms with van der Waals surface area (Å²) >= 11 is 0. The average molecular weight is 193 g/mol. The van der Waals surface area contributed by atoms with Crippen molar-refractivity contribution in [3.63, 3.8) is 0 Å². The van der Waals surface area contributed by atoms with Crippen LogP contribution < -0.4 is 0 Å². The SMILES string of the molecule is Cn1cc(C(=O)O)c2cccc(F)c21. The van der Waals surface area contributed by atoms with Crippen molar-refractivity contribution in [1.82, 2.24) is 4.57 Å². The van der Waals surface area contributed by atoms with Gasteiger partial charge in [0.05, 0.1) is 11.1 Å². The zero-order chi connectivity index (χ0) is 10.3. The molecule has 0 aliphatic rings. The minimum atomic E-state index is -1.04. The lowest BCUT2D eigenvalue weighted by atomic mass is 10.2. The zero-order valence-corrected chi connectivity index (χ0v) is 7.49. The van der Waals surface area contributed by atoms with Crippen molar-refractivity contribution in [2.75, 3.05) is 0 Å². The molecule has 0 saturated carbocycles. The molecule has 0 bridgehead atoms. The number of aromatic carboxylic acids is 1. The third-order valence-corrected chi connectivity index (χ3v) is 2.18. The summed E-state index contributed by atoms with van der Waals surface area (Å²) in [5.74, 6) is -1.45. The summed E-state index contributed by atoms with van der Waals surface area (Å²) in [6, 6.07) is 4.42. The van der Waals surface area contributed by atoms with Gasteiger partial charge in [0.1, 0.15) is 5.82 Å². The first-order valence-electron chi connectivity index (χ1n) is 4.08. The average Bonchev–Trinajstić information content (AvgIpc) is 2.45. The predicted molar refractivity (Wildman–Crippen MR) is 49.8 cm³/mol. The Morgan fingerprint density at radius 2 is 2.21 bits per heavy atom. The van der Waals surface area contributed by atoms with E-state index in [0.717, 1.165) is 0 Å². The van der Waals surface area contributed by atoms with Crippen LogP contribution in [-0.4, -0.2) is 15.6 Å². The molecule has 2 rings (SSSR count). The summed E-state index contributed by atoms with van der Waals surface area (Å²) in [6.07, 6.45) is 1.41. The monoisotopic (exact) mass is 193 g/mol. The van der Waals surface area contributed by atoms with Crippen LogP contribution in [0.4, 0.5) is 4.39 Å². The second kappa shape index (κ2) is 2.83. The molecule has 0 spiro atoms. The molecule has 2 aromatic rings. The Morgan fingerprint density at radius 1 is 1.50 bits per heavy atom. The number of carbonyl (C=O) groups is 1. The van der Waals surface area contributed by atoms with Crippen LogP contribution in [0.3, 0.4) is 0 Å². The standard InChI is InChI=1S/C10H8FNO2/c1-12-5-7(10(13)14)6-3-2-4-8(11)9(6)12/h2-5H,1H3,(H,13,14). The molecule has 0 atom stereocenters. The number of fused-ring (bicyclic) bond motifs is 1. The van der Waals surface area contributed by atoms with Crippen LogP contribution in [0.5, 0.6) is 0 Å². The first-order chi connectivity index (χ1) is 6.61. The summed E-state index contributed by atoms with van der Waals surface area (Å²) in [6.45, 7) is 0. The minimum absolute atomic E-state index is 0.127. The first kappa shape index (κ1) is 8.74. The molecular formula is C10H8FNO2. The van der Waals surface area contributed by atoms with Gasteiger partial charge in [-0.15, -0.1) is 0 Å². The Kier molecular flexibility index (Phi) is 1.77. The smallest absolute Gasteiger partial charge is 0.337 e. The first-order valence-corrected chi connectivity index (χ1v) is 4.08. The molecule has 14 heavy (non-hydrogen) atoms. The van der Waals surface area contributed by atoms with Crippen molar-refractivity contribution in [2.24, 2.45) is 7.05 Å². The Morgan fingerprint density at radius 3 is 2.86 bits per heavy atom. The van der Waals surface area contributed by atoms with E-state index in [1.807, 2.05) is 0 Å². The quantitative estimate of drug-likeness (QED) is 0.752. The highest BCUT2D eigenvalue weighted by Gasteiger charge is 2.14. The molecule has 0 saturated heterocycles. The molecule has 1 aromatic heterocycles. The van der Waals surface area contributed by atoms with Gasteiger partial charge in [0.2, 0.25) is 0 Å². The van der Waals surface area contributed by atoms with Crippen LogP contribution >= 0.6 is 0 Å². The van der Waals surface area contributed by atoms with Crippen molar-refractivity contribution in [3.05, 3.63) is 35.8 Å². The van der Waals surface area contributed by atoms with Crippen LogP contribution in [0.2, 0.25) is 0 Å². The van der Waals surface area contributed by atoms with Gasteiger partial charge in [-0.3, -0.25) is 0 Å². The number of rotatable bonds is 1. The lowest BCUT2D eigenvalue weighted by molar-refractivity contribution is 0.0699. The molecule has 0 radical (unpaired) electrons. The fourth-order valence-corrected chi connectivity index (χ4v) is 1.59. The van der Waals surface area contributed by atoms with Crippen LogP contribution in [-0.2, 0) is 7.05 Å². The van der Waals surface area contributed by atoms with Gasteiger partial charge in [-0.1, -0.05) is 12.1 Å². The summed E-state index contributed by atoms with van der Waals surface area (Å²) in [7, 11) is 1.62. The van der Waals surface area contributed by atoms with E-state index in [-0.39, 0.29) is 5.56 Å². The second-order valence-corrected chi connectivity index (χ2v) is 3.09. The van der Waals surface area contributed by atoms with E-state index in [1.165, 1.54) is 22.9 Å². The Labute approximate surface area is 79.4 Å². The number of aryl methyl sites for hydroxylation is 1. The van der Waals surface area contributed by atoms with E-state index in [0.29, 0.717) is 10.9 Å². The summed E-state index contributed by atoms with van der Waals surface area (Å²) in [5, 5.41) is 9.28. The van der Waals surface area contributed by atoms with E-state index < -0.39 is 11.8 Å². The van der Waals surface area contributed by atoms with Gasteiger partial charge in [-0.05, 0) is 6.07 Å². The fraction of sp³-hybridized carbons (Fsp3) is 0.100. The molecule has 0 fully saturated rings. The molecule has 0 aliphatic heterocycles. The van der Waals surface area contributed by atoms with Crippen LogP contribution in [0.25, 0.3) is 10.9 Å². The summed E-state index contributed by atoms with van der Waals surface area (Å²) in [4.78, 5) is 10.8. The molecule has 3 nitrogen and oxygen atoms in total. The topological polar surface area (TPSA) is 42.2 Å². The van der Waals surface area contributed by atoms with E-state index in [1.54, 1.807) is 13.1 Å². The van der Waals surface area contributed by atoms with Crippen molar-refractivity contribution in [2.45, 2.75) is 0 Å². The molecule has 1 N–H and O–H groups in total. The molecule has 0 unspecified atom stereocenters. The lowest BCUT2D eigenvalue weighted by Gasteiger charge is -1.96. The van der Waals surface area contributed by atoms with Gasteiger partial charge in [0.25, 0.3) is 0 Å². The number of hydrogen-bond acceptors (Lipinski definition) is 1. The largest absolute Gasteiger partial charge is 0.478 e. The van der Waals surface area contributed by atoms with Crippen molar-refractivity contribution < 1.29 is 14.3 Å². The minimum Gasteiger partial charge on any atom is -0.478 e. The van der Waals surface area contributed by atoms with Gasteiger partial charge in [0, 0.05) is 18.6 Å². The molecule has 1 aromatic carbocycles. The fourth-order valence-electron chi connectivity index (χ4n) is 1.59. The van der Waals surface area contributed by atoms with E-state index in [9.17, 15) is 9.18 Å². The number of carboxylic acid groups (broad SMARTS) is 1. The van der Waals surface area contributed by atoms with E-state index in [2.05, 4.69) is 0 Å². The number of benzene rings is 1. The number of halogens is 1. The highest BCUT2D eigenvalue weighted by Crippen LogP contribution is 2.22. The number of aromatic nitrogens is 1. The molecule has 0 amide bonds. The third kappa shape index (κ3) is 1.08. The Balaban J connectivity index is 2.91. The number of nitrogens with zero attached hydrogens (tertiary/aromatic N) is 1. The lowest BCUT2D eigenvalue weighted by Crippen LogP contribution is -1.93. The normalized spacial score (nSPS) is 10.7. The number of carboxylic acids is 1. The molecule has 1 heterocycles. The maximum absolute atomic E-state index is 13.3. The van der Waals surface area contributed by atoms with Gasteiger partial charge in [0.15, 0.2) is 0 Å². The van der Waals surface area contributed by atoms with Crippen LogP contribution in [0, 0.1) is 5.82 Å². The van der Waals surface area contributed by atoms with Gasteiger partial charge in [-0.25, -0.2) is 9.18 Å². The maximum Gasteiger partial charge on any atom is 0.337 e. The second-order valence-electron chi connectivity index (χ2n) is 3.09. The van der Waals surface area contributed by atoms with E-state index in [4.69, 9.17) is 5.11 Å². The molecule has 0 aliphatic carbocycles.